The number of aliphatic hydroxyl groups excluding tert-OH is 1. The molecular weight excluding hydrogens is 290 g/mol. The first-order valence-electron chi connectivity index (χ1n) is 7.06. The van der Waals surface area contributed by atoms with Gasteiger partial charge in [-0.3, -0.25) is 10.1 Å². The summed E-state index contributed by atoms with van der Waals surface area (Å²) in [5, 5.41) is 20.7. The highest BCUT2D eigenvalue weighted by atomic mass is 16.6. The highest BCUT2D eigenvalue weighted by molar-refractivity contribution is 5.74. The number of hydrogen-bond donors (Lipinski definition) is 1. The second-order valence-electron chi connectivity index (χ2n) is 5.38. The summed E-state index contributed by atoms with van der Waals surface area (Å²) in [5.74, 6) is -0.0697. The third-order valence-corrected chi connectivity index (χ3v) is 4.02. The van der Waals surface area contributed by atoms with Gasteiger partial charge in [-0.05, 0) is 31.7 Å². The van der Waals surface area contributed by atoms with Crippen LogP contribution in [0.5, 0.6) is 0 Å². The maximum atomic E-state index is 11.3. The molecule has 0 aromatic carbocycles. The van der Waals surface area contributed by atoms with Gasteiger partial charge in [0.2, 0.25) is 0 Å². The average Bonchev–Trinajstić information content (AvgIpc) is 2.53. The average molecular weight is 309 g/mol. The number of pyridine rings is 1. The number of rotatable bonds is 4. The van der Waals surface area contributed by atoms with E-state index in [1.807, 2.05) is 4.90 Å². The molecule has 2 heterocycles. The van der Waals surface area contributed by atoms with Crippen LogP contribution in [0.3, 0.4) is 0 Å². The fraction of sp³-hybridized carbons (Fsp3) is 0.571. The molecule has 1 aliphatic rings. The first kappa shape index (κ1) is 16.2. The molecule has 1 saturated heterocycles. The minimum Gasteiger partial charge on any atom is -0.467 e. The van der Waals surface area contributed by atoms with Crippen LogP contribution >= 0.6 is 0 Å². The lowest BCUT2D eigenvalue weighted by atomic mass is 9.91. The summed E-state index contributed by atoms with van der Waals surface area (Å²) >= 11 is 0. The SMILES string of the molecule is COC(=O)C(O)C1CCN(c2cc(C)c([N+](=O)[O-])cn2)CC1. The van der Waals surface area contributed by atoms with Crippen LogP contribution in [0.25, 0.3) is 0 Å². The Hall–Kier alpha value is -2.22. The van der Waals surface area contributed by atoms with E-state index in [2.05, 4.69) is 9.72 Å². The van der Waals surface area contributed by atoms with Crippen LogP contribution in [-0.2, 0) is 9.53 Å². The second-order valence-corrected chi connectivity index (χ2v) is 5.38. The summed E-state index contributed by atoms with van der Waals surface area (Å²) in [6.07, 6.45) is 1.43. The molecule has 0 radical (unpaired) electrons. The van der Waals surface area contributed by atoms with Gasteiger partial charge in [-0.1, -0.05) is 0 Å². The van der Waals surface area contributed by atoms with Crippen molar-refractivity contribution in [1.82, 2.24) is 4.98 Å². The van der Waals surface area contributed by atoms with Crippen molar-refractivity contribution in [1.29, 1.82) is 0 Å². The Balaban J connectivity index is 2.01. The van der Waals surface area contributed by atoms with Crippen LogP contribution in [-0.4, -0.2) is 47.3 Å². The van der Waals surface area contributed by atoms with Gasteiger partial charge < -0.3 is 14.7 Å². The minimum atomic E-state index is -1.10. The number of methoxy groups -OCH3 is 1. The van der Waals surface area contributed by atoms with Crippen LogP contribution in [0.4, 0.5) is 11.5 Å². The summed E-state index contributed by atoms with van der Waals surface area (Å²) < 4.78 is 4.55. The van der Waals surface area contributed by atoms with Crippen molar-refractivity contribution in [3.05, 3.63) is 27.9 Å². The molecule has 1 aliphatic heterocycles. The number of ether oxygens (including phenoxy) is 1. The lowest BCUT2D eigenvalue weighted by Crippen LogP contribution is -2.41. The molecular formula is C14H19N3O5. The summed E-state index contributed by atoms with van der Waals surface area (Å²) in [5.41, 5.74) is 0.562. The van der Waals surface area contributed by atoms with E-state index in [-0.39, 0.29) is 11.6 Å². The number of esters is 1. The Morgan fingerprint density at radius 2 is 2.18 bits per heavy atom. The molecule has 0 amide bonds. The lowest BCUT2D eigenvalue weighted by Gasteiger charge is -2.34. The third-order valence-electron chi connectivity index (χ3n) is 4.02. The molecule has 1 unspecified atom stereocenters. The van der Waals surface area contributed by atoms with Crippen molar-refractivity contribution in [3.8, 4) is 0 Å². The monoisotopic (exact) mass is 309 g/mol. The highest BCUT2D eigenvalue weighted by Gasteiger charge is 2.31. The van der Waals surface area contributed by atoms with Crippen LogP contribution in [0, 0.1) is 23.0 Å². The maximum Gasteiger partial charge on any atom is 0.334 e. The van der Waals surface area contributed by atoms with E-state index >= 15 is 0 Å². The van der Waals surface area contributed by atoms with Crippen molar-refractivity contribution in [2.24, 2.45) is 5.92 Å². The maximum absolute atomic E-state index is 11.3. The number of piperidine rings is 1. The van der Waals surface area contributed by atoms with Crippen molar-refractivity contribution in [2.75, 3.05) is 25.1 Å². The Morgan fingerprint density at radius 1 is 1.55 bits per heavy atom. The van der Waals surface area contributed by atoms with E-state index in [0.717, 1.165) is 0 Å². The molecule has 8 heteroatoms. The van der Waals surface area contributed by atoms with Gasteiger partial charge >= 0.3 is 5.97 Å². The Kier molecular flexibility index (Phi) is 4.92. The fourth-order valence-corrected chi connectivity index (χ4v) is 2.66. The van der Waals surface area contributed by atoms with Gasteiger partial charge in [-0.25, -0.2) is 9.78 Å². The first-order chi connectivity index (χ1) is 10.4. The number of aryl methyl sites for hydroxylation is 1. The molecule has 22 heavy (non-hydrogen) atoms. The Bertz CT molecular complexity index is 570. The molecule has 1 fully saturated rings. The van der Waals surface area contributed by atoms with Gasteiger partial charge in [0.1, 0.15) is 12.0 Å². The van der Waals surface area contributed by atoms with E-state index in [1.165, 1.54) is 13.3 Å². The molecule has 2 rings (SSSR count). The van der Waals surface area contributed by atoms with Crippen molar-refractivity contribution in [2.45, 2.75) is 25.9 Å². The molecule has 0 saturated carbocycles. The molecule has 0 aliphatic carbocycles. The third kappa shape index (κ3) is 3.33. The van der Waals surface area contributed by atoms with E-state index in [1.54, 1.807) is 13.0 Å². The summed E-state index contributed by atoms with van der Waals surface area (Å²) in [6.45, 7) is 2.93. The standard InChI is InChI=1S/C14H19N3O5/c1-9-7-12(15-8-11(9)17(20)21)16-5-3-10(4-6-16)13(18)14(19)22-2/h7-8,10,13,18H,3-6H2,1-2H3. The second kappa shape index (κ2) is 6.69. The number of nitrogens with zero attached hydrogens (tertiary/aromatic N) is 3. The van der Waals surface area contributed by atoms with E-state index in [0.29, 0.717) is 37.3 Å². The van der Waals surface area contributed by atoms with Crippen LogP contribution in [0.2, 0.25) is 0 Å². The molecule has 1 N–H and O–H groups in total. The summed E-state index contributed by atoms with van der Waals surface area (Å²) in [4.78, 5) is 27.8. The highest BCUT2D eigenvalue weighted by Crippen LogP contribution is 2.27. The van der Waals surface area contributed by atoms with E-state index < -0.39 is 17.0 Å². The first-order valence-corrected chi connectivity index (χ1v) is 7.06. The number of carbonyl (C=O) groups excluding carboxylic acids is 1. The predicted octanol–water partition coefficient (Wildman–Crippen LogP) is 1.05. The van der Waals surface area contributed by atoms with E-state index in [9.17, 15) is 20.0 Å². The number of carbonyl (C=O) groups is 1. The smallest absolute Gasteiger partial charge is 0.334 e. The molecule has 8 nitrogen and oxygen atoms in total. The number of anilines is 1. The van der Waals surface area contributed by atoms with Gasteiger partial charge in [0, 0.05) is 18.7 Å². The molecule has 1 aromatic heterocycles. The van der Waals surface area contributed by atoms with Crippen LogP contribution in [0.15, 0.2) is 12.3 Å². The van der Waals surface area contributed by atoms with Gasteiger partial charge in [0.15, 0.2) is 6.10 Å². The number of nitro groups is 1. The minimum absolute atomic E-state index is 0.000232. The van der Waals surface area contributed by atoms with Crippen LogP contribution in [0.1, 0.15) is 18.4 Å². The largest absolute Gasteiger partial charge is 0.467 e. The van der Waals surface area contributed by atoms with Crippen molar-refractivity contribution in [3.63, 3.8) is 0 Å². The predicted molar refractivity (Wildman–Crippen MR) is 78.6 cm³/mol. The lowest BCUT2D eigenvalue weighted by molar-refractivity contribution is -0.385. The van der Waals surface area contributed by atoms with Crippen molar-refractivity contribution >= 4 is 17.5 Å². The Morgan fingerprint density at radius 3 is 2.68 bits per heavy atom. The quantitative estimate of drug-likeness (QED) is 0.503. The van der Waals surface area contributed by atoms with Gasteiger partial charge in [0.25, 0.3) is 5.69 Å². The zero-order chi connectivity index (χ0) is 16.3. The summed E-state index contributed by atoms with van der Waals surface area (Å²) in [7, 11) is 1.25. The number of aliphatic hydroxyl groups is 1. The fourth-order valence-electron chi connectivity index (χ4n) is 2.66. The number of aromatic nitrogens is 1. The molecule has 0 spiro atoms. The van der Waals surface area contributed by atoms with Crippen molar-refractivity contribution < 1.29 is 19.6 Å². The molecule has 1 aromatic rings. The van der Waals surface area contributed by atoms with Gasteiger partial charge in [-0.15, -0.1) is 0 Å². The van der Waals surface area contributed by atoms with Crippen LogP contribution < -0.4 is 4.90 Å². The van der Waals surface area contributed by atoms with Gasteiger partial charge in [0.05, 0.1) is 12.0 Å². The normalized spacial score (nSPS) is 17.1. The Labute approximate surface area is 127 Å². The summed E-state index contributed by atoms with van der Waals surface area (Å²) in [6, 6.07) is 1.69. The zero-order valence-corrected chi connectivity index (χ0v) is 12.6. The van der Waals surface area contributed by atoms with E-state index in [4.69, 9.17) is 0 Å². The number of hydrogen-bond acceptors (Lipinski definition) is 7. The van der Waals surface area contributed by atoms with Gasteiger partial charge in [-0.2, -0.15) is 0 Å². The molecule has 0 bridgehead atoms. The molecule has 120 valence electrons. The molecule has 1 atom stereocenters. The zero-order valence-electron chi connectivity index (χ0n) is 12.6. The topological polar surface area (TPSA) is 106 Å².